The lowest BCUT2D eigenvalue weighted by Gasteiger charge is -2.26. The summed E-state index contributed by atoms with van der Waals surface area (Å²) in [5.74, 6) is 0.770. The summed E-state index contributed by atoms with van der Waals surface area (Å²) < 4.78 is 41.9. The molecule has 0 atom stereocenters. The van der Waals surface area contributed by atoms with Crippen molar-refractivity contribution in [3.8, 4) is 5.75 Å². The summed E-state index contributed by atoms with van der Waals surface area (Å²) in [6.45, 7) is 7.18. The minimum Gasteiger partial charge on any atom is -0.493 e. The van der Waals surface area contributed by atoms with Crippen LogP contribution in [0, 0.1) is 6.92 Å². The van der Waals surface area contributed by atoms with Crippen molar-refractivity contribution in [3.63, 3.8) is 0 Å². The molecule has 3 heterocycles. The number of aromatic nitrogens is 1. The molecule has 1 saturated heterocycles. The molecule has 0 bridgehead atoms. The van der Waals surface area contributed by atoms with Gasteiger partial charge in [0.25, 0.3) is 5.91 Å². The number of anilines is 1. The van der Waals surface area contributed by atoms with Crippen LogP contribution < -0.4 is 9.64 Å². The first-order chi connectivity index (χ1) is 20.4. The molecule has 0 aliphatic carbocycles. The predicted octanol–water partition coefficient (Wildman–Crippen LogP) is 5.35. The first-order valence-electron chi connectivity index (χ1n) is 14.4. The van der Waals surface area contributed by atoms with Crippen LogP contribution in [0.3, 0.4) is 0 Å². The van der Waals surface area contributed by atoms with E-state index < -0.39 is 10.0 Å². The Morgan fingerprint density at radius 2 is 1.76 bits per heavy atom. The van der Waals surface area contributed by atoms with Gasteiger partial charge in [0.1, 0.15) is 5.75 Å². The Kier molecular flexibility index (Phi) is 7.90. The largest absolute Gasteiger partial charge is 0.493 e. The lowest BCUT2D eigenvalue weighted by atomic mass is 10.0. The van der Waals surface area contributed by atoms with Gasteiger partial charge in [-0.05, 0) is 62.2 Å². The molecule has 1 aromatic heterocycles. The van der Waals surface area contributed by atoms with Crippen LogP contribution in [0.4, 0.5) is 5.69 Å². The Hall–Kier alpha value is -3.92. The molecule has 1 amide bonds. The number of carbonyl (C=O) groups excluding carboxylic acids is 1. The average Bonchev–Trinajstić information content (AvgIpc) is 3.50. The molecule has 42 heavy (non-hydrogen) atoms. The molecule has 2 aliphatic heterocycles. The summed E-state index contributed by atoms with van der Waals surface area (Å²) in [6, 6.07) is 21.1. The molecule has 3 aromatic carbocycles. The van der Waals surface area contributed by atoms with Crippen molar-refractivity contribution in [2.45, 2.75) is 31.7 Å². The van der Waals surface area contributed by atoms with E-state index in [9.17, 15) is 13.2 Å². The second kappa shape index (κ2) is 11.8. The van der Waals surface area contributed by atoms with Crippen LogP contribution in [0.5, 0.6) is 5.75 Å². The van der Waals surface area contributed by atoms with E-state index in [1.165, 1.54) is 4.31 Å². The highest BCUT2D eigenvalue weighted by Gasteiger charge is 2.34. The van der Waals surface area contributed by atoms with Gasteiger partial charge in [-0.3, -0.25) is 4.79 Å². The van der Waals surface area contributed by atoms with Gasteiger partial charge in [-0.2, -0.15) is 4.31 Å². The Balaban J connectivity index is 1.32. The molecule has 1 fully saturated rings. The smallest absolute Gasteiger partial charge is 0.258 e. The van der Waals surface area contributed by atoms with Gasteiger partial charge < -0.3 is 18.9 Å². The lowest BCUT2D eigenvalue weighted by molar-refractivity contribution is -0.112. The van der Waals surface area contributed by atoms with E-state index in [0.29, 0.717) is 50.6 Å². The van der Waals surface area contributed by atoms with Crippen molar-refractivity contribution in [1.82, 2.24) is 8.87 Å². The molecule has 0 unspecified atom stereocenters. The Labute approximate surface area is 246 Å². The number of amides is 1. The summed E-state index contributed by atoms with van der Waals surface area (Å²) in [6.07, 6.45) is 4.79. The Bertz CT molecular complexity index is 1770. The van der Waals surface area contributed by atoms with E-state index in [4.69, 9.17) is 9.47 Å². The van der Waals surface area contributed by atoms with Crippen LogP contribution in [0.1, 0.15) is 30.0 Å². The number of aryl methyl sites for hydroxylation is 2. The van der Waals surface area contributed by atoms with E-state index >= 15 is 0 Å². The van der Waals surface area contributed by atoms with Gasteiger partial charge in [0.05, 0.1) is 30.4 Å². The quantitative estimate of drug-likeness (QED) is 0.196. The number of likely N-dealkylation sites (N-methyl/N-ethyl adjacent to an activating group) is 1. The molecular formula is C33H35N3O5S. The van der Waals surface area contributed by atoms with Crippen LogP contribution in [-0.2, 0) is 26.1 Å². The summed E-state index contributed by atoms with van der Waals surface area (Å²) in [5.41, 5.74) is 4.96. The Morgan fingerprint density at radius 1 is 1.00 bits per heavy atom. The minimum atomic E-state index is -3.71. The molecule has 9 heteroatoms. The second-order valence-electron chi connectivity index (χ2n) is 10.6. The van der Waals surface area contributed by atoms with Crippen molar-refractivity contribution in [2.75, 3.05) is 44.4 Å². The highest BCUT2D eigenvalue weighted by molar-refractivity contribution is 7.89. The first-order valence-corrected chi connectivity index (χ1v) is 15.8. The molecule has 0 spiro atoms. The van der Waals surface area contributed by atoms with Crippen LogP contribution in [0.2, 0.25) is 0 Å². The maximum Gasteiger partial charge on any atom is 0.258 e. The van der Waals surface area contributed by atoms with Gasteiger partial charge in [-0.25, -0.2) is 8.42 Å². The number of fused-ring (bicyclic) bond motifs is 2. The highest BCUT2D eigenvalue weighted by Crippen LogP contribution is 2.40. The van der Waals surface area contributed by atoms with Crippen LogP contribution in [0.25, 0.3) is 22.6 Å². The standard InChI is InChI=1S/C33H35N3O5S/c1-3-36-31-14-13-26(42(38,39)35-16-19-40-20-17-35)22-28(31)29(33(36)37)21-25-23-34(30-11-6-5-10-27(25)30)15-8-18-41-32-12-7-4-9-24(32)2/h4-7,9-14,21-23H,3,8,15-20H2,1-2H3. The summed E-state index contributed by atoms with van der Waals surface area (Å²) in [5, 5.41) is 1.03. The number of hydrogen-bond acceptors (Lipinski definition) is 5. The monoisotopic (exact) mass is 585 g/mol. The van der Waals surface area contributed by atoms with Crippen LogP contribution in [0.15, 0.2) is 77.8 Å². The lowest BCUT2D eigenvalue weighted by Crippen LogP contribution is -2.40. The van der Waals surface area contributed by atoms with E-state index in [1.54, 1.807) is 23.1 Å². The van der Waals surface area contributed by atoms with Gasteiger partial charge in [0, 0.05) is 60.0 Å². The zero-order valence-electron chi connectivity index (χ0n) is 24.0. The van der Waals surface area contributed by atoms with E-state index in [2.05, 4.69) is 22.9 Å². The number of carbonyl (C=O) groups is 1. The minimum absolute atomic E-state index is 0.128. The van der Waals surface area contributed by atoms with Crippen molar-refractivity contribution in [2.24, 2.45) is 0 Å². The number of ether oxygens (including phenoxy) is 2. The summed E-state index contributed by atoms with van der Waals surface area (Å²) in [4.78, 5) is 15.5. The van der Waals surface area contributed by atoms with Crippen LogP contribution >= 0.6 is 0 Å². The molecule has 2 aliphatic rings. The van der Waals surface area contributed by atoms with E-state index in [0.717, 1.165) is 46.4 Å². The van der Waals surface area contributed by atoms with Gasteiger partial charge in [0.15, 0.2) is 0 Å². The first kappa shape index (κ1) is 28.2. The maximum absolute atomic E-state index is 13.6. The fourth-order valence-electron chi connectivity index (χ4n) is 5.75. The highest BCUT2D eigenvalue weighted by atomic mass is 32.2. The van der Waals surface area contributed by atoms with Crippen molar-refractivity contribution < 1.29 is 22.7 Å². The molecule has 6 rings (SSSR count). The number of rotatable bonds is 9. The second-order valence-corrected chi connectivity index (χ2v) is 12.5. The summed E-state index contributed by atoms with van der Waals surface area (Å²) >= 11 is 0. The van der Waals surface area contributed by atoms with E-state index in [-0.39, 0.29) is 10.8 Å². The normalized spacial score (nSPS) is 16.9. The van der Waals surface area contributed by atoms with Crippen molar-refractivity contribution in [3.05, 3.63) is 89.6 Å². The number of nitrogens with zero attached hydrogens (tertiary/aromatic N) is 3. The van der Waals surface area contributed by atoms with Crippen molar-refractivity contribution >= 4 is 44.2 Å². The zero-order valence-corrected chi connectivity index (χ0v) is 24.8. The fourth-order valence-corrected chi connectivity index (χ4v) is 7.19. The molecule has 8 nitrogen and oxygen atoms in total. The third-order valence-corrected chi connectivity index (χ3v) is 9.86. The summed E-state index contributed by atoms with van der Waals surface area (Å²) in [7, 11) is -3.71. The van der Waals surface area contributed by atoms with Crippen LogP contribution in [-0.4, -0.2) is 62.7 Å². The third-order valence-electron chi connectivity index (χ3n) is 7.96. The van der Waals surface area contributed by atoms with Gasteiger partial charge >= 0.3 is 0 Å². The average molecular weight is 586 g/mol. The van der Waals surface area contributed by atoms with Crippen molar-refractivity contribution in [1.29, 1.82) is 0 Å². The number of hydrogen-bond donors (Lipinski definition) is 0. The maximum atomic E-state index is 13.6. The fraction of sp³-hybridized carbons (Fsp3) is 0.303. The molecule has 4 aromatic rings. The molecule has 0 radical (unpaired) electrons. The molecule has 0 N–H and O–H groups in total. The third kappa shape index (κ3) is 5.24. The Morgan fingerprint density at radius 3 is 2.55 bits per heavy atom. The predicted molar refractivity (Wildman–Crippen MR) is 165 cm³/mol. The zero-order chi connectivity index (χ0) is 29.3. The molecular weight excluding hydrogens is 550 g/mol. The van der Waals surface area contributed by atoms with Gasteiger partial charge in [-0.1, -0.05) is 36.4 Å². The molecule has 0 saturated carbocycles. The van der Waals surface area contributed by atoms with Gasteiger partial charge in [-0.15, -0.1) is 0 Å². The van der Waals surface area contributed by atoms with Gasteiger partial charge in [0.2, 0.25) is 10.0 Å². The number of benzene rings is 3. The molecule has 218 valence electrons. The topological polar surface area (TPSA) is 81.1 Å². The SMILES string of the molecule is CCN1C(=O)C(=Cc2cn(CCCOc3ccccc3C)c3ccccc23)c2cc(S(=O)(=O)N3CCOCC3)ccc21. The van der Waals surface area contributed by atoms with E-state index in [1.807, 2.05) is 56.3 Å². The number of morpholine rings is 1. The number of para-hydroxylation sites is 2. The number of sulfonamides is 1.